The van der Waals surface area contributed by atoms with Crippen LogP contribution in [0.5, 0.6) is 17.2 Å². The van der Waals surface area contributed by atoms with Gasteiger partial charge in [0.2, 0.25) is 0 Å². The van der Waals surface area contributed by atoms with Crippen LogP contribution in [0, 0.1) is 0 Å². The van der Waals surface area contributed by atoms with E-state index in [0.29, 0.717) is 43.9 Å². The number of thioether (sulfide) groups is 1. The number of nitrogens with zero attached hydrogens (tertiary/aromatic N) is 2. The van der Waals surface area contributed by atoms with E-state index in [9.17, 15) is 41.0 Å². The zero-order valence-electron chi connectivity index (χ0n) is 28.2. The number of alkyl halides is 6. The molecule has 0 atom stereocenters. The fourth-order valence-electron chi connectivity index (χ4n) is 5.55. The maximum absolute atomic E-state index is 13.7. The summed E-state index contributed by atoms with van der Waals surface area (Å²) in [5, 5.41) is 9.20. The summed E-state index contributed by atoms with van der Waals surface area (Å²) in [7, 11) is 1.37. The number of carbonyl (C=O) groups excluding carboxylic acids is 1. The van der Waals surface area contributed by atoms with Crippen LogP contribution in [0.15, 0.2) is 59.5 Å². The van der Waals surface area contributed by atoms with Crippen LogP contribution in [-0.2, 0) is 21.9 Å². The highest BCUT2D eigenvalue weighted by molar-refractivity contribution is 8.26. The summed E-state index contributed by atoms with van der Waals surface area (Å²) in [6.07, 6.45) is -7.64. The van der Waals surface area contributed by atoms with Crippen LogP contribution in [0.1, 0.15) is 39.9 Å². The second-order valence-corrected chi connectivity index (χ2v) is 13.6. The van der Waals surface area contributed by atoms with Crippen LogP contribution in [-0.4, -0.2) is 90.8 Å². The van der Waals surface area contributed by atoms with Gasteiger partial charge in [-0.05, 0) is 78.6 Å². The molecular weight excluding hydrogens is 751 g/mol. The number of morpholine rings is 1. The van der Waals surface area contributed by atoms with Gasteiger partial charge in [-0.15, -0.1) is 0 Å². The van der Waals surface area contributed by atoms with Crippen molar-refractivity contribution in [3.8, 4) is 28.4 Å². The minimum Gasteiger partial charge on any atom is -0.493 e. The second kappa shape index (κ2) is 17.2. The van der Waals surface area contributed by atoms with Gasteiger partial charge < -0.3 is 24.1 Å². The molecule has 0 bridgehead atoms. The lowest BCUT2D eigenvalue weighted by Crippen LogP contribution is -2.37. The SMILES string of the molecule is COc1cc(C(=O)O)ccc1OCCCN1C(=O)/C(=C/c2cc(-c3cc(C(F)(F)F)cc(C(F)(F)F)c3)ccc2OCCCN2CCOCC2)SC1=S. The highest BCUT2D eigenvalue weighted by Gasteiger charge is 2.37. The first-order valence-corrected chi connectivity index (χ1v) is 17.5. The molecule has 0 spiro atoms. The van der Waals surface area contributed by atoms with Gasteiger partial charge in [0.1, 0.15) is 10.1 Å². The van der Waals surface area contributed by atoms with E-state index in [1.54, 1.807) is 0 Å². The number of carboxylic acid groups (broad SMARTS) is 1. The predicted molar refractivity (Wildman–Crippen MR) is 189 cm³/mol. The largest absolute Gasteiger partial charge is 0.493 e. The molecule has 0 unspecified atom stereocenters. The third kappa shape index (κ3) is 10.4. The lowest BCUT2D eigenvalue weighted by molar-refractivity contribution is -0.143. The Bertz CT molecular complexity index is 1830. The number of carboxylic acids is 1. The normalized spacial score (nSPS) is 16.4. The molecule has 53 heavy (non-hydrogen) atoms. The van der Waals surface area contributed by atoms with Crippen LogP contribution in [0.3, 0.4) is 0 Å². The molecule has 17 heteroatoms. The van der Waals surface area contributed by atoms with E-state index in [2.05, 4.69) is 4.90 Å². The van der Waals surface area contributed by atoms with E-state index < -0.39 is 35.4 Å². The fraction of sp³-hybridized carbons (Fsp3) is 0.361. The molecule has 3 aromatic rings. The van der Waals surface area contributed by atoms with Crippen molar-refractivity contribution in [2.45, 2.75) is 25.2 Å². The number of thiocarbonyl (C=S) groups is 1. The van der Waals surface area contributed by atoms with E-state index in [1.165, 1.54) is 54.5 Å². The molecule has 0 saturated carbocycles. The van der Waals surface area contributed by atoms with Crippen LogP contribution >= 0.6 is 24.0 Å². The third-order valence-electron chi connectivity index (χ3n) is 8.27. The second-order valence-electron chi connectivity index (χ2n) is 11.9. The monoisotopic (exact) mass is 784 g/mol. The van der Waals surface area contributed by atoms with Crippen molar-refractivity contribution in [1.82, 2.24) is 9.80 Å². The number of hydrogen-bond donors (Lipinski definition) is 1. The number of carbonyl (C=O) groups is 2. The topological polar surface area (TPSA) is 97.8 Å². The molecular formula is C36H34F6N2O7S2. The molecule has 284 valence electrons. The van der Waals surface area contributed by atoms with Gasteiger partial charge in [0.25, 0.3) is 5.91 Å². The first-order chi connectivity index (χ1) is 25.1. The Morgan fingerprint density at radius 1 is 0.868 bits per heavy atom. The summed E-state index contributed by atoms with van der Waals surface area (Å²) >= 11 is 6.46. The summed E-state index contributed by atoms with van der Waals surface area (Å²) < 4.78 is 105. The molecule has 1 amide bonds. The smallest absolute Gasteiger partial charge is 0.416 e. The van der Waals surface area contributed by atoms with E-state index in [0.717, 1.165) is 31.4 Å². The molecule has 0 aliphatic carbocycles. The third-order valence-corrected chi connectivity index (χ3v) is 9.64. The van der Waals surface area contributed by atoms with Gasteiger partial charge >= 0.3 is 18.3 Å². The molecule has 2 saturated heterocycles. The van der Waals surface area contributed by atoms with Crippen molar-refractivity contribution >= 4 is 46.3 Å². The molecule has 0 radical (unpaired) electrons. The number of hydrogen-bond acceptors (Lipinski definition) is 9. The zero-order chi connectivity index (χ0) is 38.3. The molecule has 2 aliphatic rings. The highest BCUT2D eigenvalue weighted by Crippen LogP contribution is 2.41. The van der Waals surface area contributed by atoms with Gasteiger partial charge in [-0.1, -0.05) is 30.0 Å². The minimum absolute atomic E-state index is 0.0199. The van der Waals surface area contributed by atoms with Gasteiger partial charge in [0.05, 0.1) is 55.1 Å². The summed E-state index contributed by atoms with van der Waals surface area (Å²) in [5.41, 5.74) is -2.89. The van der Waals surface area contributed by atoms with Crippen molar-refractivity contribution in [2.75, 3.05) is 59.7 Å². The average Bonchev–Trinajstić information content (AvgIpc) is 3.38. The summed E-state index contributed by atoms with van der Waals surface area (Å²) in [6.45, 7) is 4.07. The van der Waals surface area contributed by atoms with E-state index in [1.807, 2.05) is 0 Å². The molecule has 9 nitrogen and oxygen atoms in total. The van der Waals surface area contributed by atoms with Crippen molar-refractivity contribution in [1.29, 1.82) is 0 Å². The highest BCUT2D eigenvalue weighted by atomic mass is 32.2. The molecule has 1 N–H and O–H groups in total. The number of methoxy groups -OCH3 is 1. The minimum atomic E-state index is -5.03. The van der Waals surface area contributed by atoms with Crippen LogP contribution < -0.4 is 14.2 Å². The molecule has 2 fully saturated rings. The van der Waals surface area contributed by atoms with Crippen molar-refractivity contribution in [2.24, 2.45) is 0 Å². The molecule has 2 aliphatic heterocycles. The van der Waals surface area contributed by atoms with Crippen molar-refractivity contribution < 1.29 is 60.0 Å². The number of benzene rings is 3. The molecule has 2 heterocycles. The van der Waals surface area contributed by atoms with Crippen molar-refractivity contribution in [3.63, 3.8) is 0 Å². The first kappa shape index (κ1) is 39.9. The number of rotatable bonds is 14. The van der Waals surface area contributed by atoms with Gasteiger partial charge in [-0.2, -0.15) is 26.3 Å². The summed E-state index contributed by atoms with van der Waals surface area (Å²) in [4.78, 5) is 28.5. The van der Waals surface area contributed by atoms with Gasteiger partial charge in [0.15, 0.2) is 11.5 Å². The van der Waals surface area contributed by atoms with Gasteiger partial charge in [-0.3, -0.25) is 14.6 Å². The lowest BCUT2D eigenvalue weighted by Gasteiger charge is -2.26. The first-order valence-electron chi connectivity index (χ1n) is 16.3. The quantitative estimate of drug-likeness (QED) is 0.0753. The summed E-state index contributed by atoms with van der Waals surface area (Å²) in [5.74, 6) is -0.772. The molecule has 5 rings (SSSR count). The van der Waals surface area contributed by atoms with E-state index in [4.69, 9.17) is 31.2 Å². The Morgan fingerprint density at radius 2 is 1.49 bits per heavy atom. The van der Waals surface area contributed by atoms with Crippen LogP contribution in [0.2, 0.25) is 0 Å². The molecule has 3 aromatic carbocycles. The Balaban J connectivity index is 1.36. The van der Waals surface area contributed by atoms with Gasteiger partial charge in [0, 0.05) is 31.7 Å². The lowest BCUT2D eigenvalue weighted by atomic mass is 9.97. The number of aromatic carboxylic acids is 1. The van der Waals surface area contributed by atoms with Crippen molar-refractivity contribution in [3.05, 3.63) is 81.8 Å². The number of ether oxygens (including phenoxy) is 4. The number of halogens is 6. The Labute approximate surface area is 310 Å². The van der Waals surface area contributed by atoms with E-state index >= 15 is 0 Å². The standard InChI is InChI=1S/C36H34F6N2O7S2/c1-48-30-19-23(33(46)47)5-7-29(30)51-13-3-9-44-32(45)31(53-34(44)52)20-25-16-22(4-6-28(25)50-12-2-8-43-10-14-49-15-11-43)24-17-26(35(37,38)39)21-27(18-24)36(40,41)42/h4-7,16-21H,2-3,8-15H2,1H3,(H,46,47)/b31-20-. The maximum Gasteiger partial charge on any atom is 0.416 e. The Hall–Kier alpha value is -4.32. The van der Waals surface area contributed by atoms with Crippen LogP contribution in [0.25, 0.3) is 17.2 Å². The van der Waals surface area contributed by atoms with Crippen LogP contribution in [0.4, 0.5) is 26.3 Å². The predicted octanol–water partition coefficient (Wildman–Crippen LogP) is 7.87. The maximum atomic E-state index is 13.7. The Kier molecular flexibility index (Phi) is 13.0. The fourth-order valence-corrected chi connectivity index (χ4v) is 6.85. The zero-order valence-corrected chi connectivity index (χ0v) is 29.9. The molecule has 0 aromatic heterocycles. The number of amides is 1. The van der Waals surface area contributed by atoms with Gasteiger partial charge in [-0.25, -0.2) is 4.79 Å². The van der Waals surface area contributed by atoms with E-state index in [-0.39, 0.29) is 68.8 Å². The summed E-state index contributed by atoms with van der Waals surface area (Å²) in [6, 6.07) is 9.73. The Morgan fingerprint density at radius 3 is 2.11 bits per heavy atom. The average molecular weight is 785 g/mol.